The molecule has 0 bridgehead atoms. The first kappa shape index (κ1) is 13.8. The van der Waals surface area contributed by atoms with Gasteiger partial charge in [-0.1, -0.05) is 6.07 Å². The largest absolute Gasteiger partial charge is 0.493 e. The van der Waals surface area contributed by atoms with E-state index in [0.717, 1.165) is 11.5 Å². The fourth-order valence-corrected chi connectivity index (χ4v) is 1.79. The Hall–Kier alpha value is -1.24. The molecule has 0 heterocycles. The van der Waals surface area contributed by atoms with Crippen molar-refractivity contribution in [2.24, 2.45) is 11.6 Å². The minimum atomic E-state index is -0.326. The number of carbonyl (C=O) groups is 1. The Morgan fingerprint density at radius 3 is 2.94 bits per heavy atom. The Balaban J connectivity index is 2.40. The lowest BCUT2D eigenvalue weighted by atomic mass is 10.2. The molecule has 1 aromatic rings. The van der Waals surface area contributed by atoms with E-state index < -0.39 is 0 Å². The average Bonchev–Trinajstić information content (AvgIpc) is 2.38. The highest BCUT2D eigenvalue weighted by molar-refractivity contribution is 7.99. The van der Waals surface area contributed by atoms with Crippen LogP contribution in [0.3, 0.4) is 0 Å². The van der Waals surface area contributed by atoms with Crippen LogP contribution in [0.2, 0.25) is 0 Å². The summed E-state index contributed by atoms with van der Waals surface area (Å²) in [6.07, 6.45) is 0. The minimum absolute atomic E-state index is 0.326. The lowest BCUT2D eigenvalue weighted by Gasteiger charge is -2.07. The van der Waals surface area contributed by atoms with E-state index in [1.54, 1.807) is 36.0 Å². The van der Waals surface area contributed by atoms with E-state index in [9.17, 15) is 4.79 Å². The zero-order valence-corrected chi connectivity index (χ0v) is 10.3. The maximum Gasteiger partial charge on any atom is 0.265 e. The van der Waals surface area contributed by atoms with Gasteiger partial charge in [0.15, 0.2) is 0 Å². The average molecular weight is 255 g/mol. The lowest BCUT2D eigenvalue weighted by molar-refractivity contribution is 0.0953. The summed E-state index contributed by atoms with van der Waals surface area (Å²) in [5.74, 6) is 7.20. The van der Waals surface area contributed by atoms with Gasteiger partial charge in [0.1, 0.15) is 5.75 Å². The number of benzene rings is 1. The second-order valence-electron chi connectivity index (χ2n) is 3.25. The van der Waals surface area contributed by atoms with E-state index in [0.29, 0.717) is 24.5 Å². The van der Waals surface area contributed by atoms with Gasteiger partial charge in [-0.3, -0.25) is 10.2 Å². The van der Waals surface area contributed by atoms with Gasteiger partial charge in [0.05, 0.1) is 6.61 Å². The molecule has 17 heavy (non-hydrogen) atoms. The molecule has 0 fully saturated rings. The van der Waals surface area contributed by atoms with Crippen molar-refractivity contribution in [3.05, 3.63) is 29.8 Å². The maximum absolute atomic E-state index is 11.3. The number of rotatable bonds is 7. The maximum atomic E-state index is 11.3. The predicted octanol–water partition coefficient (Wildman–Crippen LogP) is 0.361. The molecule has 0 radical (unpaired) electrons. The van der Waals surface area contributed by atoms with E-state index in [1.165, 1.54) is 0 Å². The number of ether oxygens (including phenoxy) is 1. The molecule has 6 heteroatoms. The van der Waals surface area contributed by atoms with Crippen LogP contribution in [0.4, 0.5) is 0 Å². The van der Waals surface area contributed by atoms with Crippen molar-refractivity contribution >= 4 is 17.7 Å². The van der Waals surface area contributed by atoms with Gasteiger partial charge in [-0.05, 0) is 18.2 Å². The van der Waals surface area contributed by atoms with Gasteiger partial charge in [0, 0.05) is 23.6 Å². The van der Waals surface area contributed by atoms with E-state index in [-0.39, 0.29) is 5.91 Å². The molecule has 1 aromatic carbocycles. The number of hydrogen-bond acceptors (Lipinski definition) is 5. The van der Waals surface area contributed by atoms with Gasteiger partial charge in [-0.15, -0.1) is 0 Å². The van der Waals surface area contributed by atoms with Crippen LogP contribution in [0.25, 0.3) is 0 Å². The third-order valence-corrected chi connectivity index (χ3v) is 2.97. The van der Waals surface area contributed by atoms with Crippen LogP contribution in [0.15, 0.2) is 24.3 Å². The number of nitrogen functional groups attached to an aromatic ring is 1. The summed E-state index contributed by atoms with van der Waals surface area (Å²) in [6.45, 7) is 1.27. The smallest absolute Gasteiger partial charge is 0.265 e. The van der Waals surface area contributed by atoms with Gasteiger partial charge in [-0.2, -0.15) is 11.8 Å². The lowest BCUT2D eigenvalue weighted by Crippen LogP contribution is -2.29. The van der Waals surface area contributed by atoms with Crippen LogP contribution in [0, 0.1) is 0 Å². The SMILES string of the molecule is NCCSCCOc1cccc(C(=O)NN)c1. The van der Waals surface area contributed by atoms with Crippen LogP contribution >= 0.6 is 11.8 Å². The summed E-state index contributed by atoms with van der Waals surface area (Å²) in [6, 6.07) is 6.90. The molecule has 0 saturated carbocycles. The van der Waals surface area contributed by atoms with Crippen molar-refractivity contribution in [3.8, 4) is 5.75 Å². The molecule has 0 aliphatic rings. The first-order valence-electron chi connectivity index (χ1n) is 5.29. The van der Waals surface area contributed by atoms with Crippen LogP contribution in [-0.2, 0) is 0 Å². The summed E-state index contributed by atoms with van der Waals surface area (Å²) >= 11 is 1.74. The Kier molecular flexibility index (Phi) is 6.46. The number of amides is 1. The van der Waals surface area contributed by atoms with Crippen molar-refractivity contribution in [2.75, 3.05) is 24.7 Å². The molecule has 1 amide bonds. The number of thioether (sulfide) groups is 1. The third-order valence-electron chi connectivity index (χ3n) is 1.99. The Bertz CT molecular complexity index is 360. The number of nitrogens with two attached hydrogens (primary N) is 2. The van der Waals surface area contributed by atoms with E-state index in [1.807, 2.05) is 0 Å². The standard InChI is InChI=1S/C11H17N3O2S/c12-4-6-17-7-5-16-10-3-1-2-9(8-10)11(15)14-13/h1-3,8H,4-7,12-13H2,(H,14,15). The Morgan fingerprint density at radius 2 is 2.24 bits per heavy atom. The number of nitrogens with one attached hydrogen (secondary N) is 1. The number of carbonyl (C=O) groups excluding carboxylic acids is 1. The van der Waals surface area contributed by atoms with Crippen molar-refractivity contribution in [3.63, 3.8) is 0 Å². The zero-order chi connectivity index (χ0) is 12.5. The summed E-state index contributed by atoms with van der Waals surface area (Å²) in [5, 5.41) is 0. The quantitative estimate of drug-likeness (QED) is 0.283. The van der Waals surface area contributed by atoms with E-state index >= 15 is 0 Å². The van der Waals surface area contributed by atoms with Crippen molar-refractivity contribution in [1.29, 1.82) is 0 Å². The third kappa shape index (κ3) is 5.08. The van der Waals surface area contributed by atoms with Crippen LogP contribution in [0.5, 0.6) is 5.75 Å². The molecular formula is C11H17N3O2S. The molecule has 0 saturated heterocycles. The molecular weight excluding hydrogens is 238 g/mol. The fraction of sp³-hybridized carbons (Fsp3) is 0.364. The van der Waals surface area contributed by atoms with Gasteiger partial charge in [0.25, 0.3) is 5.91 Å². The molecule has 1 rings (SSSR count). The van der Waals surface area contributed by atoms with Gasteiger partial charge < -0.3 is 10.5 Å². The second-order valence-corrected chi connectivity index (χ2v) is 4.48. The summed E-state index contributed by atoms with van der Waals surface area (Å²) in [4.78, 5) is 11.3. The molecule has 5 nitrogen and oxygen atoms in total. The fourth-order valence-electron chi connectivity index (χ4n) is 1.21. The highest BCUT2D eigenvalue weighted by atomic mass is 32.2. The summed E-state index contributed by atoms with van der Waals surface area (Å²) < 4.78 is 5.51. The van der Waals surface area contributed by atoms with Crippen molar-refractivity contribution < 1.29 is 9.53 Å². The van der Waals surface area contributed by atoms with E-state index in [4.69, 9.17) is 16.3 Å². The topological polar surface area (TPSA) is 90.4 Å². The Morgan fingerprint density at radius 1 is 1.41 bits per heavy atom. The van der Waals surface area contributed by atoms with Gasteiger partial charge in [-0.25, -0.2) is 5.84 Å². The Labute approximate surface area is 105 Å². The summed E-state index contributed by atoms with van der Waals surface area (Å²) in [7, 11) is 0. The van der Waals surface area contributed by atoms with Gasteiger partial charge in [0.2, 0.25) is 0 Å². The summed E-state index contributed by atoms with van der Waals surface area (Å²) in [5.41, 5.74) is 7.94. The molecule has 0 spiro atoms. The highest BCUT2D eigenvalue weighted by Crippen LogP contribution is 2.13. The number of hydrazine groups is 1. The van der Waals surface area contributed by atoms with Crippen LogP contribution in [0.1, 0.15) is 10.4 Å². The molecule has 0 aliphatic heterocycles. The van der Waals surface area contributed by atoms with Gasteiger partial charge >= 0.3 is 0 Å². The molecule has 0 aliphatic carbocycles. The molecule has 0 aromatic heterocycles. The first-order valence-corrected chi connectivity index (χ1v) is 6.45. The second kappa shape index (κ2) is 7.94. The first-order chi connectivity index (χ1) is 8.27. The van der Waals surface area contributed by atoms with Crippen molar-refractivity contribution in [2.45, 2.75) is 0 Å². The predicted molar refractivity (Wildman–Crippen MR) is 70.0 cm³/mol. The zero-order valence-electron chi connectivity index (χ0n) is 9.52. The van der Waals surface area contributed by atoms with Crippen LogP contribution < -0.4 is 21.7 Å². The molecule has 0 unspecified atom stereocenters. The molecule has 94 valence electrons. The minimum Gasteiger partial charge on any atom is -0.493 e. The number of hydrogen-bond donors (Lipinski definition) is 3. The van der Waals surface area contributed by atoms with E-state index in [2.05, 4.69) is 5.43 Å². The normalized spacial score (nSPS) is 10.0. The molecule has 0 atom stereocenters. The monoisotopic (exact) mass is 255 g/mol. The highest BCUT2D eigenvalue weighted by Gasteiger charge is 2.04. The van der Waals surface area contributed by atoms with Crippen molar-refractivity contribution in [1.82, 2.24) is 5.43 Å². The molecule has 5 N–H and O–H groups in total. The van der Waals surface area contributed by atoms with Crippen LogP contribution in [-0.4, -0.2) is 30.6 Å².